The van der Waals surface area contributed by atoms with Crippen molar-refractivity contribution in [1.82, 2.24) is 4.90 Å². The molecule has 7 nitrogen and oxygen atoms in total. The lowest BCUT2D eigenvalue weighted by molar-refractivity contribution is -0.225. The third-order valence-corrected chi connectivity index (χ3v) is 9.09. The van der Waals surface area contributed by atoms with Crippen LogP contribution < -0.4 is 0 Å². The Morgan fingerprint density at radius 3 is 2.39 bits per heavy atom. The summed E-state index contributed by atoms with van der Waals surface area (Å²) in [6.45, 7) is 7.73. The molecule has 2 aromatic rings. The molecule has 0 aliphatic carbocycles. The fraction of sp³-hybridized carbons (Fsp3) is 0.571. The first-order valence-electron chi connectivity index (χ1n) is 12.9. The maximum absolute atomic E-state index is 13.6. The average molecular weight is 516 g/mol. The minimum absolute atomic E-state index is 0.0469. The molecule has 8 heteroatoms. The van der Waals surface area contributed by atoms with E-state index in [1.165, 1.54) is 0 Å². The third-order valence-electron chi connectivity index (χ3n) is 7.32. The number of sulfone groups is 1. The Bertz CT molecular complexity index is 1110. The first kappa shape index (κ1) is 25.8. The molecule has 5 rings (SSSR count). The molecule has 3 aliphatic rings. The van der Waals surface area contributed by atoms with Crippen molar-refractivity contribution in [3.8, 4) is 0 Å². The number of ether oxygens (including phenoxy) is 4. The second kappa shape index (κ2) is 10.5. The highest BCUT2D eigenvalue weighted by molar-refractivity contribution is 7.91. The van der Waals surface area contributed by atoms with Gasteiger partial charge in [0.2, 0.25) is 0 Å². The quantitative estimate of drug-likeness (QED) is 0.524. The number of likely N-dealkylation sites (tertiary alicyclic amines) is 1. The van der Waals surface area contributed by atoms with Crippen LogP contribution in [-0.4, -0.2) is 68.6 Å². The third kappa shape index (κ3) is 5.69. The molecule has 0 bridgehead atoms. The fourth-order valence-electron chi connectivity index (χ4n) is 5.49. The van der Waals surface area contributed by atoms with Crippen molar-refractivity contribution in [3.63, 3.8) is 0 Å². The molecule has 3 saturated heterocycles. The molecule has 0 N–H and O–H groups in total. The van der Waals surface area contributed by atoms with Crippen LogP contribution in [0.5, 0.6) is 0 Å². The van der Waals surface area contributed by atoms with Crippen molar-refractivity contribution in [2.75, 3.05) is 18.8 Å². The van der Waals surface area contributed by atoms with E-state index in [4.69, 9.17) is 18.9 Å². The van der Waals surface area contributed by atoms with Crippen molar-refractivity contribution in [2.24, 2.45) is 0 Å². The van der Waals surface area contributed by atoms with E-state index < -0.39 is 40.2 Å². The molecule has 0 amide bonds. The Labute approximate surface area is 214 Å². The van der Waals surface area contributed by atoms with E-state index in [0.29, 0.717) is 11.5 Å². The summed E-state index contributed by atoms with van der Waals surface area (Å²) in [5.41, 5.74) is 2.07. The van der Waals surface area contributed by atoms with Gasteiger partial charge >= 0.3 is 0 Å². The van der Waals surface area contributed by atoms with Gasteiger partial charge in [-0.05, 0) is 64.4 Å². The lowest BCUT2D eigenvalue weighted by Crippen LogP contribution is -2.54. The van der Waals surface area contributed by atoms with Crippen molar-refractivity contribution in [2.45, 2.75) is 88.0 Å². The Hall–Kier alpha value is -1.81. The highest BCUT2D eigenvalue weighted by Crippen LogP contribution is 2.41. The molecule has 0 spiro atoms. The van der Waals surface area contributed by atoms with Crippen LogP contribution in [0.25, 0.3) is 0 Å². The van der Waals surface area contributed by atoms with Gasteiger partial charge in [0.1, 0.15) is 18.3 Å². The predicted molar refractivity (Wildman–Crippen MR) is 136 cm³/mol. The number of hydrogen-bond donors (Lipinski definition) is 0. The van der Waals surface area contributed by atoms with Crippen molar-refractivity contribution >= 4 is 9.84 Å². The molecule has 0 saturated carbocycles. The zero-order chi connectivity index (χ0) is 25.3. The fourth-order valence-corrected chi connectivity index (χ4v) is 7.09. The molecule has 36 heavy (non-hydrogen) atoms. The number of aryl methyl sites for hydroxylation is 1. The van der Waals surface area contributed by atoms with Gasteiger partial charge in [0.15, 0.2) is 21.9 Å². The molecule has 2 aromatic carbocycles. The van der Waals surface area contributed by atoms with Gasteiger partial charge in [-0.2, -0.15) is 0 Å². The van der Waals surface area contributed by atoms with Crippen molar-refractivity contribution in [1.29, 1.82) is 0 Å². The molecule has 1 unspecified atom stereocenters. The minimum atomic E-state index is -3.56. The van der Waals surface area contributed by atoms with E-state index >= 15 is 0 Å². The molecule has 3 heterocycles. The minimum Gasteiger partial charge on any atom is -0.368 e. The number of nitrogens with zero attached hydrogens (tertiary/aromatic N) is 1. The van der Waals surface area contributed by atoms with Gasteiger partial charge in [0.05, 0.1) is 23.3 Å². The van der Waals surface area contributed by atoms with Gasteiger partial charge < -0.3 is 18.9 Å². The van der Waals surface area contributed by atoms with Gasteiger partial charge in [0.25, 0.3) is 0 Å². The van der Waals surface area contributed by atoms with E-state index in [0.717, 1.165) is 43.5 Å². The molecular formula is C28H37NO6S. The summed E-state index contributed by atoms with van der Waals surface area (Å²) < 4.78 is 52.4. The second-order valence-corrected chi connectivity index (χ2v) is 12.6. The topological polar surface area (TPSA) is 74.3 Å². The SMILES string of the molecule is Cc1ccc(S(=O)(=O)CC([C@H]2O[C@@H]3OC(C)(C)O[C@@H]3[C@H]2OCc2ccccc2)N2CCCCC2)cc1. The summed E-state index contributed by atoms with van der Waals surface area (Å²) in [5, 5.41) is 0. The van der Waals surface area contributed by atoms with Gasteiger partial charge in [-0.15, -0.1) is 0 Å². The Morgan fingerprint density at radius 2 is 1.69 bits per heavy atom. The molecule has 3 aliphatic heterocycles. The summed E-state index contributed by atoms with van der Waals surface area (Å²) in [7, 11) is -3.56. The molecule has 196 valence electrons. The van der Waals surface area contributed by atoms with Gasteiger partial charge in [0, 0.05) is 0 Å². The lowest BCUT2D eigenvalue weighted by Gasteiger charge is -2.39. The average Bonchev–Trinajstić information content (AvgIpc) is 3.34. The van der Waals surface area contributed by atoms with Gasteiger partial charge in [-0.25, -0.2) is 8.42 Å². The van der Waals surface area contributed by atoms with Gasteiger partial charge in [-0.3, -0.25) is 4.90 Å². The summed E-state index contributed by atoms with van der Waals surface area (Å²) in [6, 6.07) is 16.7. The van der Waals surface area contributed by atoms with E-state index in [1.807, 2.05) is 63.2 Å². The zero-order valence-electron chi connectivity index (χ0n) is 21.3. The van der Waals surface area contributed by atoms with E-state index in [-0.39, 0.29) is 11.8 Å². The summed E-state index contributed by atoms with van der Waals surface area (Å²) in [6.07, 6.45) is 1.24. The molecular weight excluding hydrogens is 478 g/mol. The van der Waals surface area contributed by atoms with Crippen LogP contribution in [0, 0.1) is 6.92 Å². The van der Waals surface area contributed by atoms with Crippen molar-refractivity contribution in [3.05, 3.63) is 65.7 Å². The largest absolute Gasteiger partial charge is 0.368 e. The Kier molecular flexibility index (Phi) is 7.54. The molecule has 0 aromatic heterocycles. The zero-order valence-corrected chi connectivity index (χ0v) is 22.2. The summed E-state index contributed by atoms with van der Waals surface area (Å²) in [5.74, 6) is -0.835. The maximum atomic E-state index is 13.6. The first-order valence-corrected chi connectivity index (χ1v) is 14.6. The van der Waals surface area contributed by atoms with Gasteiger partial charge in [-0.1, -0.05) is 54.4 Å². The van der Waals surface area contributed by atoms with Crippen LogP contribution in [-0.2, 0) is 35.4 Å². The first-order chi connectivity index (χ1) is 17.2. The van der Waals surface area contributed by atoms with E-state index in [2.05, 4.69) is 4.90 Å². The molecule has 5 atom stereocenters. The Morgan fingerprint density at radius 1 is 1.00 bits per heavy atom. The van der Waals surface area contributed by atoms with E-state index in [1.54, 1.807) is 12.1 Å². The van der Waals surface area contributed by atoms with Crippen LogP contribution in [0.4, 0.5) is 0 Å². The number of hydrogen-bond acceptors (Lipinski definition) is 7. The van der Waals surface area contributed by atoms with Crippen LogP contribution >= 0.6 is 0 Å². The normalized spacial score (nSPS) is 29.2. The van der Waals surface area contributed by atoms with Crippen LogP contribution in [0.15, 0.2) is 59.5 Å². The highest BCUT2D eigenvalue weighted by Gasteiger charge is 2.58. The second-order valence-electron chi connectivity index (χ2n) is 10.6. The number of rotatable bonds is 8. The van der Waals surface area contributed by atoms with E-state index in [9.17, 15) is 8.42 Å². The van der Waals surface area contributed by atoms with Crippen molar-refractivity contribution < 1.29 is 27.4 Å². The number of piperidine rings is 1. The van der Waals surface area contributed by atoms with Crippen LogP contribution in [0.1, 0.15) is 44.2 Å². The molecule has 3 fully saturated rings. The lowest BCUT2D eigenvalue weighted by atomic mass is 10.0. The number of fused-ring (bicyclic) bond motifs is 1. The monoisotopic (exact) mass is 515 g/mol. The number of benzene rings is 2. The smallest absolute Gasteiger partial charge is 0.190 e. The standard InChI is InChI=1S/C28H37NO6S/c1-20-12-14-22(15-13-20)36(30,31)19-23(29-16-8-5-9-17-29)24-25(32-18-21-10-6-4-7-11-21)26-27(33-24)35-28(2,3)34-26/h4,6-7,10-15,23-27H,5,8-9,16-19H2,1-3H3/t23?,24-,25+,26-,27-/m1/s1. The van der Waals surface area contributed by atoms with Crippen LogP contribution in [0.2, 0.25) is 0 Å². The highest BCUT2D eigenvalue weighted by atomic mass is 32.2. The predicted octanol–water partition coefficient (Wildman–Crippen LogP) is 4.09. The summed E-state index contributed by atoms with van der Waals surface area (Å²) >= 11 is 0. The summed E-state index contributed by atoms with van der Waals surface area (Å²) in [4.78, 5) is 2.61. The maximum Gasteiger partial charge on any atom is 0.190 e. The van der Waals surface area contributed by atoms with Crippen LogP contribution in [0.3, 0.4) is 0 Å². The Balaban J connectivity index is 1.44. The molecule has 0 radical (unpaired) electrons.